The Kier molecular flexibility index (Phi) is 3.71. The van der Waals surface area contributed by atoms with Crippen molar-refractivity contribution in [2.45, 2.75) is 18.9 Å². The molecule has 1 fully saturated rings. The smallest absolute Gasteiger partial charge is 0.315 e. The van der Waals surface area contributed by atoms with E-state index in [-0.39, 0.29) is 12.1 Å². The van der Waals surface area contributed by atoms with E-state index >= 15 is 0 Å². The van der Waals surface area contributed by atoms with E-state index in [1.165, 1.54) is 4.70 Å². The zero-order chi connectivity index (χ0) is 15.6. The lowest BCUT2D eigenvalue weighted by molar-refractivity contribution is 0.207. The highest BCUT2D eigenvalue weighted by molar-refractivity contribution is 7.18. The van der Waals surface area contributed by atoms with Gasteiger partial charge in [-0.15, -0.1) is 11.3 Å². The van der Waals surface area contributed by atoms with Gasteiger partial charge in [-0.3, -0.25) is 0 Å². The molecule has 1 saturated heterocycles. The molecule has 2 aromatic carbocycles. The first kappa shape index (κ1) is 14.2. The summed E-state index contributed by atoms with van der Waals surface area (Å²) in [7, 11) is 0. The number of carbonyl (C=O) groups excluding carboxylic acids is 1. The maximum atomic E-state index is 12.6. The van der Waals surface area contributed by atoms with Crippen LogP contribution in [0.2, 0.25) is 0 Å². The fourth-order valence-corrected chi connectivity index (χ4v) is 4.13. The van der Waals surface area contributed by atoms with Crippen LogP contribution < -0.4 is 5.32 Å². The van der Waals surface area contributed by atoms with Gasteiger partial charge in [0.25, 0.3) is 0 Å². The van der Waals surface area contributed by atoms with Crippen LogP contribution in [0.15, 0.2) is 54.6 Å². The summed E-state index contributed by atoms with van der Waals surface area (Å²) in [5.74, 6) is 0. The van der Waals surface area contributed by atoms with Gasteiger partial charge in [-0.2, -0.15) is 0 Å². The fourth-order valence-electron chi connectivity index (χ4n) is 3.02. The minimum atomic E-state index is -0.0436. The van der Waals surface area contributed by atoms with Gasteiger partial charge in [0.15, 0.2) is 0 Å². The molecule has 0 spiro atoms. The van der Waals surface area contributed by atoms with Crippen molar-refractivity contribution >= 4 is 33.3 Å². The summed E-state index contributed by atoms with van der Waals surface area (Å²) < 4.78 is 1.18. The molecule has 1 atom stereocenters. The van der Waals surface area contributed by atoms with Gasteiger partial charge in [0.05, 0.1) is 16.3 Å². The SMILES string of the molecule is O=C(Nc1ccccc1)N1CCC[C@@H]1c1nc2ccccc2s1. The molecule has 4 nitrogen and oxygen atoms in total. The van der Waals surface area contributed by atoms with Gasteiger partial charge in [0, 0.05) is 12.2 Å². The molecular formula is C18H17N3OS. The molecule has 2 amide bonds. The van der Waals surface area contributed by atoms with Gasteiger partial charge in [0.2, 0.25) is 0 Å². The lowest BCUT2D eigenvalue weighted by atomic mass is 10.2. The lowest BCUT2D eigenvalue weighted by Gasteiger charge is -2.23. The highest BCUT2D eigenvalue weighted by Crippen LogP contribution is 2.36. The Morgan fingerprint density at radius 3 is 2.74 bits per heavy atom. The second-order valence-corrected chi connectivity index (χ2v) is 6.73. The zero-order valence-electron chi connectivity index (χ0n) is 12.6. The Morgan fingerprint density at radius 2 is 1.91 bits per heavy atom. The number of nitrogens with zero attached hydrogens (tertiary/aromatic N) is 2. The van der Waals surface area contributed by atoms with Crippen LogP contribution in [0.4, 0.5) is 10.5 Å². The average molecular weight is 323 g/mol. The van der Waals surface area contributed by atoms with E-state index in [4.69, 9.17) is 4.98 Å². The third kappa shape index (κ3) is 2.80. The summed E-state index contributed by atoms with van der Waals surface area (Å²) in [4.78, 5) is 19.2. The molecule has 0 radical (unpaired) electrons. The summed E-state index contributed by atoms with van der Waals surface area (Å²) >= 11 is 1.69. The average Bonchev–Trinajstić information content (AvgIpc) is 3.22. The standard InChI is InChI=1S/C18H17N3OS/c22-18(19-13-7-2-1-3-8-13)21-12-6-10-15(21)17-20-14-9-4-5-11-16(14)23-17/h1-5,7-9,11,15H,6,10,12H2,(H,19,22)/t15-/m1/s1. The van der Waals surface area contributed by atoms with Crippen LogP contribution in [-0.4, -0.2) is 22.5 Å². The second kappa shape index (κ2) is 6.01. The van der Waals surface area contributed by atoms with Crippen LogP contribution in [0.1, 0.15) is 23.9 Å². The molecule has 0 unspecified atom stereocenters. The summed E-state index contributed by atoms with van der Waals surface area (Å²) in [6, 6.07) is 17.8. The highest BCUT2D eigenvalue weighted by atomic mass is 32.1. The summed E-state index contributed by atoms with van der Waals surface area (Å²) in [5, 5.41) is 4.02. The lowest BCUT2D eigenvalue weighted by Crippen LogP contribution is -2.34. The van der Waals surface area contributed by atoms with Gasteiger partial charge in [0.1, 0.15) is 5.01 Å². The Morgan fingerprint density at radius 1 is 1.13 bits per heavy atom. The number of urea groups is 1. The number of hydrogen-bond donors (Lipinski definition) is 1. The number of carbonyl (C=O) groups is 1. The Balaban J connectivity index is 1.57. The molecule has 116 valence electrons. The second-order valence-electron chi connectivity index (χ2n) is 5.67. The molecule has 4 rings (SSSR count). The monoisotopic (exact) mass is 323 g/mol. The first-order valence-electron chi connectivity index (χ1n) is 7.79. The molecule has 1 aromatic heterocycles. The molecule has 0 saturated carbocycles. The largest absolute Gasteiger partial charge is 0.322 e. The number of para-hydroxylation sites is 2. The summed E-state index contributed by atoms with van der Waals surface area (Å²) in [6.45, 7) is 0.777. The maximum absolute atomic E-state index is 12.6. The number of rotatable bonds is 2. The number of nitrogens with one attached hydrogen (secondary N) is 1. The minimum absolute atomic E-state index is 0.0436. The van der Waals surface area contributed by atoms with Crippen LogP contribution in [0.3, 0.4) is 0 Å². The molecule has 0 aliphatic carbocycles. The molecule has 0 bridgehead atoms. The molecule has 1 aliphatic heterocycles. The number of likely N-dealkylation sites (tertiary alicyclic amines) is 1. The van der Waals surface area contributed by atoms with E-state index in [1.54, 1.807) is 11.3 Å². The first-order valence-corrected chi connectivity index (χ1v) is 8.61. The van der Waals surface area contributed by atoms with Crippen molar-refractivity contribution < 1.29 is 4.79 Å². The number of amides is 2. The highest BCUT2D eigenvalue weighted by Gasteiger charge is 2.32. The number of benzene rings is 2. The van der Waals surface area contributed by atoms with E-state index in [9.17, 15) is 4.79 Å². The quantitative estimate of drug-likeness (QED) is 0.745. The van der Waals surface area contributed by atoms with Crippen LogP contribution in [-0.2, 0) is 0 Å². The van der Waals surface area contributed by atoms with Gasteiger partial charge >= 0.3 is 6.03 Å². The van der Waals surface area contributed by atoms with Crippen molar-refractivity contribution in [1.29, 1.82) is 0 Å². The predicted molar refractivity (Wildman–Crippen MR) is 93.8 cm³/mol. The fraction of sp³-hybridized carbons (Fsp3) is 0.222. The van der Waals surface area contributed by atoms with Crippen molar-refractivity contribution in [2.24, 2.45) is 0 Å². The number of fused-ring (bicyclic) bond motifs is 1. The van der Waals surface area contributed by atoms with E-state index in [0.717, 1.165) is 35.6 Å². The first-order chi connectivity index (χ1) is 11.3. The molecule has 23 heavy (non-hydrogen) atoms. The molecule has 5 heteroatoms. The van der Waals surface area contributed by atoms with Crippen LogP contribution in [0.25, 0.3) is 10.2 Å². The minimum Gasteiger partial charge on any atom is -0.315 e. The third-order valence-corrected chi connectivity index (χ3v) is 5.27. The predicted octanol–water partition coefficient (Wildman–Crippen LogP) is 4.67. The zero-order valence-corrected chi connectivity index (χ0v) is 13.4. The van der Waals surface area contributed by atoms with Crippen LogP contribution >= 0.6 is 11.3 Å². The summed E-state index contributed by atoms with van der Waals surface area (Å²) in [5.41, 5.74) is 1.84. The molecule has 1 aliphatic rings. The number of hydrogen-bond acceptors (Lipinski definition) is 3. The van der Waals surface area contributed by atoms with Gasteiger partial charge < -0.3 is 10.2 Å². The maximum Gasteiger partial charge on any atom is 0.322 e. The van der Waals surface area contributed by atoms with Gasteiger partial charge in [-0.1, -0.05) is 30.3 Å². The van der Waals surface area contributed by atoms with E-state index in [2.05, 4.69) is 11.4 Å². The van der Waals surface area contributed by atoms with Gasteiger partial charge in [-0.05, 0) is 37.1 Å². The van der Waals surface area contributed by atoms with E-state index < -0.39 is 0 Å². The molecular weight excluding hydrogens is 306 g/mol. The number of thiazole rings is 1. The van der Waals surface area contributed by atoms with E-state index in [0.29, 0.717) is 0 Å². The molecule has 3 aromatic rings. The van der Waals surface area contributed by atoms with Crippen molar-refractivity contribution in [3.05, 3.63) is 59.6 Å². The molecule has 2 heterocycles. The topological polar surface area (TPSA) is 45.2 Å². The summed E-state index contributed by atoms with van der Waals surface area (Å²) in [6.07, 6.45) is 1.99. The Bertz CT molecular complexity index is 797. The van der Waals surface area contributed by atoms with E-state index in [1.807, 2.05) is 53.4 Å². The third-order valence-electron chi connectivity index (χ3n) is 4.13. The Labute approximate surface area is 138 Å². The normalized spacial score (nSPS) is 17.6. The van der Waals surface area contributed by atoms with Crippen LogP contribution in [0, 0.1) is 0 Å². The van der Waals surface area contributed by atoms with Crippen molar-refractivity contribution in [1.82, 2.24) is 9.88 Å². The van der Waals surface area contributed by atoms with Gasteiger partial charge in [-0.25, -0.2) is 9.78 Å². The molecule has 1 N–H and O–H groups in total. The van der Waals surface area contributed by atoms with Crippen molar-refractivity contribution in [2.75, 3.05) is 11.9 Å². The van der Waals surface area contributed by atoms with Crippen LogP contribution in [0.5, 0.6) is 0 Å². The Hall–Kier alpha value is -2.40. The van der Waals surface area contributed by atoms with Crippen molar-refractivity contribution in [3.63, 3.8) is 0 Å². The van der Waals surface area contributed by atoms with Crippen molar-refractivity contribution in [3.8, 4) is 0 Å². The number of anilines is 1. The number of aromatic nitrogens is 1.